The zero-order chi connectivity index (χ0) is 19.3. The highest BCUT2D eigenvalue weighted by molar-refractivity contribution is 7.92. The van der Waals surface area contributed by atoms with Gasteiger partial charge in [-0.2, -0.15) is 0 Å². The van der Waals surface area contributed by atoms with E-state index in [1.54, 1.807) is 18.3 Å². The molecule has 7 nitrogen and oxygen atoms in total. The summed E-state index contributed by atoms with van der Waals surface area (Å²) in [5, 5.41) is 2.74. The molecular weight excluding hydrogens is 352 g/mol. The van der Waals surface area contributed by atoms with Gasteiger partial charge in [-0.1, -0.05) is 24.3 Å². The van der Waals surface area contributed by atoms with Gasteiger partial charge in [-0.05, 0) is 30.2 Å². The Morgan fingerprint density at radius 1 is 1.15 bits per heavy atom. The standard InChI is InChI=1S/C18H24N4O3S/c1-14-7-5-6-8-16(14)22(26(4,24)25)13-18(23)20-12-15-9-10-17(19-11-15)21(2)3/h5-11H,12-13H2,1-4H3,(H,20,23). The van der Waals surface area contributed by atoms with Gasteiger partial charge in [0.2, 0.25) is 15.9 Å². The molecule has 1 aromatic carbocycles. The first-order valence-electron chi connectivity index (χ1n) is 8.11. The van der Waals surface area contributed by atoms with E-state index in [1.807, 2.05) is 50.2 Å². The van der Waals surface area contributed by atoms with Gasteiger partial charge >= 0.3 is 0 Å². The minimum Gasteiger partial charge on any atom is -0.363 e. The fraction of sp³-hybridized carbons (Fsp3) is 0.333. The number of rotatable bonds is 7. The highest BCUT2D eigenvalue weighted by Crippen LogP contribution is 2.21. The number of amides is 1. The lowest BCUT2D eigenvalue weighted by atomic mass is 10.2. The van der Waals surface area contributed by atoms with Crippen molar-refractivity contribution in [2.24, 2.45) is 0 Å². The number of carbonyl (C=O) groups excluding carboxylic acids is 1. The molecule has 0 radical (unpaired) electrons. The Labute approximate surface area is 154 Å². The summed E-state index contributed by atoms with van der Waals surface area (Å²) in [6.45, 7) is 1.82. The number of anilines is 2. The van der Waals surface area contributed by atoms with Gasteiger partial charge in [-0.15, -0.1) is 0 Å². The lowest BCUT2D eigenvalue weighted by Crippen LogP contribution is -2.40. The van der Waals surface area contributed by atoms with E-state index < -0.39 is 10.0 Å². The number of aryl methyl sites for hydroxylation is 1. The molecule has 1 heterocycles. The van der Waals surface area contributed by atoms with Gasteiger partial charge in [-0.3, -0.25) is 9.10 Å². The maximum absolute atomic E-state index is 12.3. The van der Waals surface area contributed by atoms with E-state index >= 15 is 0 Å². The van der Waals surface area contributed by atoms with Crippen LogP contribution in [-0.4, -0.2) is 46.2 Å². The molecule has 0 saturated carbocycles. The average molecular weight is 376 g/mol. The Morgan fingerprint density at radius 3 is 2.38 bits per heavy atom. The summed E-state index contributed by atoms with van der Waals surface area (Å²) in [5.41, 5.74) is 2.13. The van der Waals surface area contributed by atoms with Crippen molar-refractivity contribution >= 4 is 27.4 Å². The van der Waals surface area contributed by atoms with E-state index in [-0.39, 0.29) is 19.0 Å². The van der Waals surface area contributed by atoms with E-state index in [4.69, 9.17) is 0 Å². The quantitative estimate of drug-likeness (QED) is 0.793. The predicted octanol–water partition coefficient (Wildman–Crippen LogP) is 1.54. The molecule has 0 aliphatic rings. The van der Waals surface area contributed by atoms with Gasteiger partial charge in [0.15, 0.2) is 0 Å². The number of hydrogen-bond donors (Lipinski definition) is 1. The van der Waals surface area contributed by atoms with Gasteiger partial charge in [0.1, 0.15) is 12.4 Å². The summed E-state index contributed by atoms with van der Waals surface area (Å²) >= 11 is 0. The average Bonchev–Trinajstić information content (AvgIpc) is 2.58. The number of benzene rings is 1. The van der Waals surface area contributed by atoms with Crippen LogP contribution in [0.15, 0.2) is 42.6 Å². The number of pyridine rings is 1. The molecule has 1 aromatic heterocycles. The largest absolute Gasteiger partial charge is 0.363 e. The molecule has 1 amide bonds. The Bertz CT molecular complexity index is 864. The second-order valence-electron chi connectivity index (χ2n) is 6.25. The summed E-state index contributed by atoms with van der Waals surface area (Å²) in [4.78, 5) is 18.5. The van der Waals surface area contributed by atoms with Crippen LogP contribution in [0.25, 0.3) is 0 Å². The van der Waals surface area contributed by atoms with Gasteiger partial charge in [0, 0.05) is 26.8 Å². The monoisotopic (exact) mass is 376 g/mol. The van der Waals surface area contributed by atoms with Gasteiger partial charge < -0.3 is 10.2 Å². The molecule has 26 heavy (non-hydrogen) atoms. The summed E-state index contributed by atoms with van der Waals surface area (Å²) in [6.07, 6.45) is 2.78. The van der Waals surface area contributed by atoms with Crippen molar-refractivity contribution < 1.29 is 13.2 Å². The Balaban J connectivity index is 2.05. The maximum atomic E-state index is 12.3. The Kier molecular flexibility index (Phi) is 6.20. The molecule has 0 aliphatic carbocycles. The van der Waals surface area contributed by atoms with Crippen molar-refractivity contribution in [3.8, 4) is 0 Å². The maximum Gasteiger partial charge on any atom is 0.241 e. The van der Waals surface area contributed by atoms with Crippen molar-refractivity contribution in [1.29, 1.82) is 0 Å². The lowest BCUT2D eigenvalue weighted by Gasteiger charge is -2.23. The highest BCUT2D eigenvalue weighted by Gasteiger charge is 2.21. The van der Waals surface area contributed by atoms with Crippen molar-refractivity contribution in [1.82, 2.24) is 10.3 Å². The first-order valence-corrected chi connectivity index (χ1v) is 9.95. The molecule has 8 heteroatoms. The van der Waals surface area contributed by atoms with Crippen molar-refractivity contribution in [3.63, 3.8) is 0 Å². The van der Waals surface area contributed by atoms with Crippen LogP contribution in [0.4, 0.5) is 11.5 Å². The molecule has 0 saturated heterocycles. The summed E-state index contributed by atoms with van der Waals surface area (Å²) in [6, 6.07) is 10.8. The molecule has 2 rings (SSSR count). The molecule has 0 unspecified atom stereocenters. The molecule has 0 spiro atoms. The number of sulfonamides is 1. The highest BCUT2D eigenvalue weighted by atomic mass is 32.2. The van der Waals surface area contributed by atoms with Crippen molar-refractivity contribution in [3.05, 3.63) is 53.7 Å². The molecule has 0 bridgehead atoms. The third kappa shape index (κ3) is 5.19. The van der Waals surface area contributed by atoms with Crippen LogP contribution in [-0.2, 0) is 21.4 Å². The topological polar surface area (TPSA) is 82.6 Å². The molecule has 0 atom stereocenters. The number of nitrogens with zero attached hydrogens (tertiary/aromatic N) is 3. The SMILES string of the molecule is Cc1ccccc1N(CC(=O)NCc1ccc(N(C)C)nc1)S(C)(=O)=O. The number of carbonyl (C=O) groups is 1. The van der Waals surface area contributed by atoms with Crippen LogP contribution in [0, 0.1) is 6.92 Å². The second kappa shape index (κ2) is 8.18. The minimum absolute atomic E-state index is 0.271. The molecule has 0 fully saturated rings. The Morgan fingerprint density at radius 2 is 1.85 bits per heavy atom. The number of aromatic nitrogens is 1. The first-order chi connectivity index (χ1) is 12.2. The third-order valence-corrected chi connectivity index (χ3v) is 4.96. The summed E-state index contributed by atoms with van der Waals surface area (Å²) in [7, 11) is 0.217. The number of hydrogen-bond acceptors (Lipinski definition) is 5. The predicted molar refractivity (Wildman–Crippen MR) is 104 cm³/mol. The molecule has 140 valence electrons. The van der Waals surface area contributed by atoms with Crippen LogP contribution >= 0.6 is 0 Å². The summed E-state index contributed by atoms with van der Waals surface area (Å²) in [5.74, 6) is 0.443. The first kappa shape index (κ1) is 19.7. The van der Waals surface area contributed by atoms with Gasteiger partial charge in [0.05, 0.1) is 11.9 Å². The molecular formula is C18H24N4O3S. The van der Waals surface area contributed by atoms with Crippen LogP contribution in [0.5, 0.6) is 0 Å². The zero-order valence-electron chi connectivity index (χ0n) is 15.4. The molecule has 0 aliphatic heterocycles. The summed E-state index contributed by atoms with van der Waals surface area (Å²) < 4.78 is 25.4. The number of nitrogens with one attached hydrogen (secondary N) is 1. The third-order valence-electron chi connectivity index (χ3n) is 3.83. The van der Waals surface area contributed by atoms with Gasteiger partial charge in [0.25, 0.3) is 0 Å². The normalized spacial score (nSPS) is 11.1. The van der Waals surface area contributed by atoms with Crippen LogP contribution in [0.1, 0.15) is 11.1 Å². The van der Waals surface area contributed by atoms with Crippen LogP contribution < -0.4 is 14.5 Å². The minimum atomic E-state index is -3.58. The zero-order valence-corrected chi connectivity index (χ0v) is 16.2. The lowest BCUT2D eigenvalue weighted by molar-refractivity contribution is -0.119. The fourth-order valence-electron chi connectivity index (χ4n) is 2.40. The van der Waals surface area contributed by atoms with E-state index in [0.717, 1.165) is 27.5 Å². The van der Waals surface area contributed by atoms with Crippen LogP contribution in [0.3, 0.4) is 0 Å². The molecule has 2 aromatic rings. The second-order valence-corrected chi connectivity index (χ2v) is 8.16. The Hall–Kier alpha value is -2.61. The van der Waals surface area contributed by atoms with E-state index in [2.05, 4.69) is 10.3 Å². The van der Waals surface area contributed by atoms with Gasteiger partial charge in [-0.25, -0.2) is 13.4 Å². The van der Waals surface area contributed by atoms with E-state index in [0.29, 0.717) is 5.69 Å². The molecule has 1 N–H and O–H groups in total. The fourth-order valence-corrected chi connectivity index (χ4v) is 3.31. The van der Waals surface area contributed by atoms with Crippen molar-refractivity contribution in [2.45, 2.75) is 13.5 Å². The number of para-hydroxylation sites is 1. The smallest absolute Gasteiger partial charge is 0.241 e. The van der Waals surface area contributed by atoms with Crippen LogP contribution in [0.2, 0.25) is 0 Å². The van der Waals surface area contributed by atoms with E-state index in [9.17, 15) is 13.2 Å². The van der Waals surface area contributed by atoms with E-state index in [1.165, 1.54) is 0 Å². The van der Waals surface area contributed by atoms with Crippen molar-refractivity contribution in [2.75, 3.05) is 36.1 Å².